The van der Waals surface area contributed by atoms with Crippen LogP contribution in [0.15, 0.2) is 23.3 Å². The number of carbonyl (C=O) groups is 1. The maximum atomic E-state index is 12.9. The molecule has 4 fully saturated rings. The van der Waals surface area contributed by atoms with E-state index in [0.29, 0.717) is 30.5 Å². The van der Waals surface area contributed by atoms with Crippen molar-refractivity contribution in [3.63, 3.8) is 0 Å². The van der Waals surface area contributed by atoms with Crippen molar-refractivity contribution >= 4 is 5.78 Å². The van der Waals surface area contributed by atoms with Gasteiger partial charge in [-0.3, -0.25) is 4.79 Å². The fourth-order valence-electron chi connectivity index (χ4n) is 10.0. The molecule has 4 nitrogen and oxygen atoms in total. The van der Waals surface area contributed by atoms with Crippen LogP contribution in [0.1, 0.15) is 93.4 Å². The number of carbonyl (C=O) groups excluding carboxylic acids is 1. The lowest BCUT2D eigenvalue weighted by molar-refractivity contribution is -0.192. The molecule has 0 aromatic heterocycles. The minimum atomic E-state index is -0.718. The second-order valence-corrected chi connectivity index (χ2v) is 13.9. The quantitative estimate of drug-likeness (QED) is 0.499. The Kier molecular flexibility index (Phi) is 5.64. The van der Waals surface area contributed by atoms with Crippen LogP contribution in [0, 0.1) is 45.3 Å². The van der Waals surface area contributed by atoms with Gasteiger partial charge in [-0.2, -0.15) is 0 Å². The van der Waals surface area contributed by atoms with E-state index >= 15 is 0 Å². The number of aliphatic hydroxyl groups excluding tert-OH is 2. The zero-order valence-corrected chi connectivity index (χ0v) is 22.4. The molecule has 0 amide bonds. The predicted octanol–water partition coefficient (Wildman–Crippen LogP) is 5.82. The Morgan fingerprint density at radius 1 is 1.06 bits per heavy atom. The molecule has 34 heavy (non-hydrogen) atoms. The number of Topliss-reactive ketones (excluding diaryl/α,β-unsaturated/α-hetero) is 1. The summed E-state index contributed by atoms with van der Waals surface area (Å²) in [6, 6.07) is 0. The van der Waals surface area contributed by atoms with E-state index in [4.69, 9.17) is 4.74 Å². The van der Waals surface area contributed by atoms with Crippen molar-refractivity contribution in [2.24, 2.45) is 45.3 Å². The lowest BCUT2D eigenvalue weighted by Gasteiger charge is -2.67. The van der Waals surface area contributed by atoms with Gasteiger partial charge in [0.15, 0.2) is 6.29 Å². The Balaban J connectivity index is 1.47. The molecular formula is C30H46O4. The van der Waals surface area contributed by atoms with E-state index in [1.807, 2.05) is 0 Å². The minimum Gasteiger partial charge on any atom is -0.392 e. The molecule has 1 heterocycles. The van der Waals surface area contributed by atoms with Crippen LogP contribution in [0.2, 0.25) is 0 Å². The number of hydrogen-bond donors (Lipinski definition) is 2. The number of allylic oxidation sites excluding steroid dienone is 2. The predicted molar refractivity (Wildman–Crippen MR) is 134 cm³/mol. The molecule has 190 valence electrons. The summed E-state index contributed by atoms with van der Waals surface area (Å²) in [6.45, 7) is 15.6. The highest BCUT2D eigenvalue weighted by Gasteiger charge is 2.68. The van der Waals surface area contributed by atoms with Gasteiger partial charge in [-0.1, -0.05) is 57.9 Å². The highest BCUT2D eigenvalue weighted by atomic mass is 16.6. The van der Waals surface area contributed by atoms with Crippen molar-refractivity contribution < 1.29 is 19.7 Å². The smallest absolute Gasteiger partial charge is 0.158 e. The van der Waals surface area contributed by atoms with Crippen LogP contribution in [0.4, 0.5) is 0 Å². The summed E-state index contributed by atoms with van der Waals surface area (Å²) < 4.78 is 5.97. The molecule has 1 aliphatic heterocycles. The van der Waals surface area contributed by atoms with Crippen molar-refractivity contribution in [2.75, 3.05) is 0 Å². The van der Waals surface area contributed by atoms with Gasteiger partial charge >= 0.3 is 0 Å². The third-order valence-electron chi connectivity index (χ3n) is 11.7. The van der Waals surface area contributed by atoms with E-state index in [1.54, 1.807) is 0 Å². The molecule has 3 saturated carbocycles. The van der Waals surface area contributed by atoms with Gasteiger partial charge in [-0.25, -0.2) is 0 Å². The first-order valence-corrected chi connectivity index (χ1v) is 13.7. The molecule has 2 N–H and O–H groups in total. The van der Waals surface area contributed by atoms with Crippen molar-refractivity contribution in [2.45, 2.75) is 112 Å². The maximum absolute atomic E-state index is 12.9. The normalized spacial score (nSPS) is 51.9. The third-order valence-corrected chi connectivity index (χ3v) is 11.7. The third kappa shape index (κ3) is 3.16. The Morgan fingerprint density at radius 2 is 1.76 bits per heavy atom. The Hall–Kier alpha value is -0.970. The van der Waals surface area contributed by atoms with Gasteiger partial charge in [0.1, 0.15) is 5.78 Å². The fraction of sp³-hybridized carbons (Fsp3) is 0.833. The van der Waals surface area contributed by atoms with Crippen molar-refractivity contribution in [1.29, 1.82) is 0 Å². The first-order chi connectivity index (χ1) is 15.8. The summed E-state index contributed by atoms with van der Waals surface area (Å²) in [4.78, 5) is 12.9. The molecule has 4 heteroatoms. The van der Waals surface area contributed by atoms with Crippen LogP contribution in [-0.2, 0) is 9.53 Å². The van der Waals surface area contributed by atoms with Gasteiger partial charge in [0.2, 0.25) is 0 Å². The van der Waals surface area contributed by atoms with E-state index in [0.717, 1.165) is 32.1 Å². The average molecular weight is 471 g/mol. The SMILES string of the molecule is CC(C)=C[C@H]1C[C@@H]([C@@H]2CC=C3[C@]4(C)[C@H](O)C[C@H]5C(C)(C)C(=O)CC[C@]5(C)[C@H]4CC[C@]32C)[C@@H](O)O1. The molecule has 0 bridgehead atoms. The average Bonchev–Trinajstić information content (AvgIpc) is 3.26. The topological polar surface area (TPSA) is 66.8 Å². The molecule has 0 radical (unpaired) electrons. The Labute approximate surface area is 206 Å². The van der Waals surface area contributed by atoms with E-state index < -0.39 is 12.4 Å². The van der Waals surface area contributed by atoms with Gasteiger partial charge in [-0.15, -0.1) is 0 Å². The zero-order chi connectivity index (χ0) is 24.8. The maximum Gasteiger partial charge on any atom is 0.158 e. The lowest BCUT2D eigenvalue weighted by atomic mass is 9.37. The monoisotopic (exact) mass is 470 g/mol. The summed E-state index contributed by atoms with van der Waals surface area (Å²) >= 11 is 0. The van der Waals surface area contributed by atoms with E-state index in [-0.39, 0.29) is 39.6 Å². The number of ketones is 1. The van der Waals surface area contributed by atoms with E-state index in [2.05, 4.69) is 60.6 Å². The number of fused-ring (bicyclic) bond motifs is 5. The first kappa shape index (κ1) is 24.7. The van der Waals surface area contributed by atoms with Gasteiger partial charge in [0.05, 0.1) is 12.2 Å². The first-order valence-electron chi connectivity index (χ1n) is 13.7. The molecule has 0 aromatic rings. The molecule has 4 aliphatic carbocycles. The summed E-state index contributed by atoms with van der Waals surface area (Å²) in [5.74, 6) is 1.43. The lowest BCUT2D eigenvalue weighted by Crippen LogP contribution is -2.65. The fourth-order valence-corrected chi connectivity index (χ4v) is 10.0. The Morgan fingerprint density at radius 3 is 2.44 bits per heavy atom. The number of hydrogen-bond acceptors (Lipinski definition) is 4. The van der Waals surface area contributed by atoms with Crippen molar-refractivity contribution in [3.05, 3.63) is 23.3 Å². The summed E-state index contributed by atoms with van der Waals surface area (Å²) in [7, 11) is 0. The molecule has 1 saturated heterocycles. The van der Waals surface area contributed by atoms with Crippen LogP contribution in [0.3, 0.4) is 0 Å². The molecule has 0 spiro atoms. The molecular weight excluding hydrogens is 424 g/mol. The van der Waals surface area contributed by atoms with Crippen molar-refractivity contribution in [1.82, 2.24) is 0 Å². The van der Waals surface area contributed by atoms with Gasteiger partial charge in [0, 0.05) is 23.2 Å². The molecule has 5 rings (SSSR count). The van der Waals surface area contributed by atoms with Gasteiger partial charge in [-0.05, 0) is 81.0 Å². The molecule has 0 unspecified atom stereocenters. The minimum absolute atomic E-state index is 0.00785. The van der Waals surface area contributed by atoms with Gasteiger partial charge < -0.3 is 14.9 Å². The van der Waals surface area contributed by atoms with Crippen molar-refractivity contribution in [3.8, 4) is 0 Å². The van der Waals surface area contributed by atoms with Crippen LogP contribution in [-0.4, -0.2) is 34.5 Å². The highest BCUT2D eigenvalue weighted by molar-refractivity contribution is 5.85. The van der Waals surface area contributed by atoms with E-state index in [9.17, 15) is 15.0 Å². The van der Waals surface area contributed by atoms with Crippen LogP contribution in [0.25, 0.3) is 0 Å². The summed E-state index contributed by atoms with van der Waals surface area (Å²) in [5.41, 5.74) is 2.06. The van der Waals surface area contributed by atoms with Crippen LogP contribution < -0.4 is 0 Å². The number of ether oxygens (including phenoxy) is 1. The molecule has 10 atom stereocenters. The van der Waals surface area contributed by atoms with Gasteiger partial charge in [0.25, 0.3) is 0 Å². The summed E-state index contributed by atoms with van der Waals surface area (Å²) in [5, 5.41) is 22.7. The van der Waals surface area contributed by atoms with Crippen LogP contribution >= 0.6 is 0 Å². The number of rotatable bonds is 2. The second kappa shape index (κ2) is 7.76. The zero-order valence-electron chi connectivity index (χ0n) is 22.4. The highest BCUT2D eigenvalue weighted by Crippen LogP contribution is 2.73. The standard InChI is InChI=1S/C30H46O4/c1-17(2)14-18-15-19(26(33)34-18)20-8-9-21-28(20,5)12-10-22-29(6)13-11-24(31)27(3,4)23(29)16-25(32)30(21,22)7/h9,14,18-20,22-23,25-26,32-33H,8,10-13,15-16H2,1-7H3/t18-,19-,20-,22+,23-,25+,26-,28-,29+,30-/m0/s1. The van der Waals surface area contributed by atoms with Crippen LogP contribution in [0.5, 0.6) is 0 Å². The largest absolute Gasteiger partial charge is 0.392 e. The Bertz CT molecular complexity index is 928. The summed E-state index contributed by atoms with van der Waals surface area (Å²) in [6.07, 6.45) is 9.72. The molecule has 5 aliphatic rings. The van der Waals surface area contributed by atoms with E-state index in [1.165, 1.54) is 11.1 Å². The number of aliphatic hydroxyl groups is 2. The second-order valence-electron chi connectivity index (χ2n) is 13.9. The molecule has 0 aromatic carbocycles.